The molecule has 1 unspecified atom stereocenters. The Morgan fingerprint density at radius 1 is 1.43 bits per heavy atom. The van der Waals surface area contributed by atoms with Gasteiger partial charge in [-0.25, -0.2) is 4.39 Å². The number of benzene rings is 1. The fraction of sp³-hybridized carbons (Fsp3) is 0.455. The third-order valence-corrected chi connectivity index (χ3v) is 2.49. The maximum absolute atomic E-state index is 13.3. The molecule has 0 bridgehead atoms. The molecule has 0 heterocycles. The van der Waals surface area contributed by atoms with E-state index in [1.165, 1.54) is 6.07 Å². The smallest absolute Gasteiger partial charge is 0.126 e. The van der Waals surface area contributed by atoms with Crippen molar-refractivity contribution in [2.75, 3.05) is 6.61 Å². The summed E-state index contributed by atoms with van der Waals surface area (Å²) in [6.45, 7) is 3.62. The largest absolute Gasteiger partial charge is 0.396 e. The van der Waals surface area contributed by atoms with Crippen LogP contribution < -0.4 is 5.73 Å². The van der Waals surface area contributed by atoms with E-state index in [1.54, 1.807) is 6.92 Å². The number of hydrogen-bond acceptors (Lipinski definition) is 2. The molecular weight excluding hydrogens is 181 g/mol. The summed E-state index contributed by atoms with van der Waals surface area (Å²) in [6, 6.07) is 3.04. The Bertz CT molecular complexity index is 302. The predicted molar refractivity (Wildman–Crippen MR) is 54.5 cm³/mol. The Morgan fingerprint density at radius 2 is 2.07 bits per heavy atom. The molecule has 0 spiro atoms. The van der Waals surface area contributed by atoms with Crippen LogP contribution in [0.3, 0.4) is 0 Å². The van der Waals surface area contributed by atoms with E-state index in [1.807, 2.05) is 13.0 Å². The van der Waals surface area contributed by atoms with Crippen LogP contribution in [-0.4, -0.2) is 11.7 Å². The Balaban J connectivity index is 3.00. The molecule has 0 saturated carbocycles. The van der Waals surface area contributed by atoms with Crippen molar-refractivity contribution < 1.29 is 9.50 Å². The molecule has 1 atom stereocenters. The SMILES string of the molecule is Cc1cc(C(N)CCO)cc(F)c1C. The Morgan fingerprint density at radius 3 is 2.57 bits per heavy atom. The highest BCUT2D eigenvalue weighted by atomic mass is 19.1. The van der Waals surface area contributed by atoms with Crippen LogP contribution in [0.1, 0.15) is 29.2 Å². The highest BCUT2D eigenvalue weighted by Gasteiger charge is 2.09. The monoisotopic (exact) mass is 197 g/mol. The quantitative estimate of drug-likeness (QED) is 0.776. The van der Waals surface area contributed by atoms with E-state index in [0.29, 0.717) is 12.0 Å². The van der Waals surface area contributed by atoms with Gasteiger partial charge in [-0.2, -0.15) is 0 Å². The van der Waals surface area contributed by atoms with Crippen LogP contribution in [0.4, 0.5) is 4.39 Å². The second-order valence-corrected chi connectivity index (χ2v) is 3.56. The molecule has 0 amide bonds. The van der Waals surface area contributed by atoms with Gasteiger partial charge in [-0.05, 0) is 43.0 Å². The first-order valence-electron chi connectivity index (χ1n) is 4.69. The van der Waals surface area contributed by atoms with Crippen molar-refractivity contribution in [1.29, 1.82) is 0 Å². The average molecular weight is 197 g/mol. The molecule has 78 valence electrons. The van der Waals surface area contributed by atoms with Crippen LogP contribution in [0, 0.1) is 19.7 Å². The number of aliphatic hydroxyl groups excluding tert-OH is 1. The van der Waals surface area contributed by atoms with Crippen LogP contribution in [0.25, 0.3) is 0 Å². The van der Waals surface area contributed by atoms with Gasteiger partial charge in [0.2, 0.25) is 0 Å². The maximum Gasteiger partial charge on any atom is 0.126 e. The van der Waals surface area contributed by atoms with E-state index in [0.717, 1.165) is 11.1 Å². The van der Waals surface area contributed by atoms with Gasteiger partial charge in [0.25, 0.3) is 0 Å². The number of hydrogen-bond donors (Lipinski definition) is 2. The summed E-state index contributed by atoms with van der Waals surface area (Å²) in [5.41, 5.74) is 8.07. The third-order valence-electron chi connectivity index (χ3n) is 2.49. The third kappa shape index (κ3) is 2.30. The van der Waals surface area contributed by atoms with Crippen LogP contribution in [0.15, 0.2) is 12.1 Å². The van der Waals surface area contributed by atoms with Gasteiger partial charge in [0.05, 0.1) is 0 Å². The lowest BCUT2D eigenvalue weighted by Crippen LogP contribution is -2.12. The van der Waals surface area contributed by atoms with Gasteiger partial charge in [0, 0.05) is 12.6 Å². The van der Waals surface area contributed by atoms with Crippen LogP contribution in [0.2, 0.25) is 0 Å². The minimum Gasteiger partial charge on any atom is -0.396 e. The van der Waals surface area contributed by atoms with E-state index in [2.05, 4.69) is 0 Å². The number of rotatable bonds is 3. The van der Waals surface area contributed by atoms with Crippen LogP contribution >= 0.6 is 0 Å². The predicted octanol–water partition coefficient (Wildman–Crippen LogP) is 1.82. The summed E-state index contributed by atoms with van der Waals surface area (Å²) in [7, 11) is 0. The summed E-state index contributed by atoms with van der Waals surface area (Å²) in [5, 5.41) is 8.72. The fourth-order valence-corrected chi connectivity index (χ4v) is 1.36. The molecule has 2 nitrogen and oxygen atoms in total. The number of halogens is 1. The lowest BCUT2D eigenvalue weighted by molar-refractivity contribution is 0.276. The summed E-state index contributed by atoms with van der Waals surface area (Å²) < 4.78 is 13.3. The van der Waals surface area contributed by atoms with Gasteiger partial charge in [0.15, 0.2) is 0 Å². The zero-order valence-electron chi connectivity index (χ0n) is 8.55. The van der Waals surface area contributed by atoms with Crippen LogP contribution in [-0.2, 0) is 0 Å². The minimum atomic E-state index is -0.284. The minimum absolute atomic E-state index is 0.0235. The lowest BCUT2D eigenvalue weighted by Gasteiger charge is -2.12. The molecule has 3 heteroatoms. The van der Waals surface area contributed by atoms with Crippen molar-refractivity contribution in [3.8, 4) is 0 Å². The standard InChI is InChI=1S/C11H16FNO/c1-7-5-9(11(13)3-4-14)6-10(12)8(7)2/h5-6,11,14H,3-4,13H2,1-2H3. The molecule has 1 rings (SSSR count). The van der Waals surface area contributed by atoms with Crippen molar-refractivity contribution in [3.63, 3.8) is 0 Å². The molecule has 1 aromatic carbocycles. The molecule has 0 aliphatic heterocycles. The van der Waals surface area contributed by atoms with Gasteiger partial charge < -0.3 is 10.8 Å². The Labute approximate surface area is 83.6 Å². The number of nitrogens with two attached hydrogens (primary N) is 1. The zero-order valence-corrected chi connectivity index (χ0v) is 8.55. The molecule has 3 N–H and O–H groups in total. The van der Waals surface area contributed by atoms with E-state index in [4.69, 9.17) is 10.8 Å². The van der Waals surface area contributed by atoms with E-state index >= 15 is 0 Å². The molecule has 0 aliphatic carbocycles. The van der Waals surface area contributed by atoms with Gasteiger partial charge in [-0.1, -0.05) is 6.07 Å². The van der Waals surface area contributed by atoms with Crippen molar-refractivity contribution >= 4 is 0 Å². The van der Waals surface area contributed by atoms with Crippen molar-refractivity contribution in [3.05, 3.63) is 34.6 Å². The summed E-state index contributed by atoms with van der Waals surface area (Å²) >= 11 is 0. The highest BCUT2D eigenvalue weighted by Crippen LogP contribution is 2.20. The number of aliphatic hydroxyl groups is 1. The second kappa shape index (κ2) is 4.53. The normalized spacial score (nSPS) is 12.9. The summed E-state index contributed by atoms with van der Waals surface area (Å²) in [5.74, 6) is -0.228. The van der Waals surface area contributed by atoms with Crippen molar-refractivity contribution in [2.24, 2.45) is 5.73 Å². The zero-order chi connectivity index (χ0) is 10.7. The Kier molecular flexibility index (Phi) is 3.61. The van der Waals surface area contributed by atoms with E-state index in [-0.39, 0.29) is 18.5 Å². The molecule has 0 saturated heterocycles. The molecule has 0 aliphatic rings. The topological polar surface area (TPSA) is 46.2 Å². The first-order valence-corrected chi connectivity index (χ1v) is 4.69. The highest BCUT2D eigenvalue weighted by molar-refractivity contribution is 5.32. The number of aryl methyl sites for hydroxylation is 1. The first-order chi connectivity index (χ1) is 6.56. The van der Waals surface area contributed by atoms with Gasteiger partial charge in [0.1, 0.15) is 5.82 Å². The van der Waals surface area contributed by atoms with Gasteiger partial charge in [-0.15, -0.1) is 0 Å². The molecule has 0 aromatic heterocycles. The first kappa shape index (κ1) is 11.1. The lowest BCUT2D eigenvalue weighted by atomic mass is 9.99. The van der Waals surface area contributed by atoms with Crippen molar-refractivity contribution in [1.82, 2.24) is 0 Å². The van der Waals surface area contributed by atoms with E-state index in [9.17, 15) is 4.39 Å². The van der Waals surface area contributed by atoms with Crippen LogP contribution in [0.5, 0.6) is 0 Å². The molecule has 1 aromatic rings. The molecule has 0 radical (unpaired) electrons. The summed E-state index contributed by atoms with van der Waals surface area (Å²) in [6.07, 6.45) is 0.460. The fourth-order valence-electron chi connectivity index (χ4n) is 1.36. The Hall–Kier alpha value is -0.930. The van der Waals surface area contributed by atoms with E-state index < -0.39 is 0 Å². The van der Waals surface area contributed by atoms with Crippen molar-refractivity contribution in [2.45, 2.75) is 26.3 Å². The second-order valence-electron chi connectivity index (χ2n) is 3.56. The van der Waals surface area contributed by atoms with Gasteiger partial charge >= 0.3 is 0 Å². The maximum atomic E-state index is 13.3. The molecular formula is C11H16FNO. The summed E-state index contributed by atoms with van der Waals surface area (Å²) in [4.78, 5) is 0. The molecule has 0 fully saturated rings. The molecule has 14 heavy (non-hydrogen) atoms. The average Bonchev–Trinajstić information content (AvgIpc) is 2.13. The van der Waals surface area contributed by atoms with Gasteiger partial charge in [-0.3, -0.25) is 0 Å².